The van der Waals surface area contributed by atoms with Gasteiger partial charge in [0.1, 0.15) is 23.9 Å². The molecule has 1 aromatic carbocycles. The predicted molar refractivity (Wildman–Crippen MR) is 123 cm³/mol. The number of aromatic hydroxyl groups is 1. The van der Waals surface area contributed by atoms with E-state index in [1.54, 1.807) is 12.1 Å². The number of carbonyl (C=O) groups excluding carboxylic acids is 3. The summed E-state index contributed by atoms with van der Waals surface area (Å²) in [6.45, 7) is 2.96. The Balaban J connectivity index is 2.85. The van der Waals surface area contributed by atoms with Gasteiger partial charge in [-0.25, -0.2) is 0 Å². The predicted octanol–water partition coefficient (Wildman–Crippen LogP) is -1.67. The van der Waals surface area contributed by atoms with Crippen LogP contribution in [0.4, 0.5) is 0 Å². The highest BCUT2D eigenvalue weighted by molar-refractivity contribution is 5.94. The van der Waals surface area contributed by atoms with Gasteiger partial charge in [0, 0.05) is 0 Å². The zero-order valence-electron chi connectivity index (χ0n) is 19.4. The number of aliphatic hydroxyl groups is 1. The van der Waals surface area contributed by atoms with Gasteiger partial charge in [-0.1, -0.05) is 12.1 Å². The van der Waals surface area contributed by atoms with E-state index < -0.39 is 54.0 Å². The third kappa shape index (κ3) is 9.73. The molecule has 0 aliphatic rings. The highest BCUT2D eigenvalue weighted by Gasteiger charge is 2.31. The van der Waals surface area contributed by atoms with Crippen LogP contribution < -0.4 is 27.4 Å². The monoisotopic (exact) mass is 481 g/mol. The fourth-order valence-corrected chi connectivity index (χ4v) is 3.04. The van der Waals surface area contributed by atoms with E-state index in [1.165, 1.54) is 26.0 Å². The average Bonchev–Trinajstić information content (AvgIpc) is 2.77. The first-order valence-electron chi connectivity index (χ1n) is 11.0. The van der Waals surface area contributed by atoms with Crippen molar-refractivity contribution < 1.29 is 34.5 Å². The Morgan fingerprint density at radius 3 is 2.09 bits per heavy atom. The van der Waals surface area contributed by atoms with Crippen LogP contribution in [0.2, 0.25) is 0 Å². The number of carboxylic acids is 1. The molecule has 0 spiro atoms. The highest BCUT2D eigenvalue weighted by Crippen LogP contribution is 2.11. The molecule has 5 atom stereocenters. The van der Waals surface area contributed by atoms with E-state index in [9.17, 15) is 29.4 Å². The summed E-state index contributed by atoms with van der Waals surface area (Å²) in [7, 11) is 0. The number of aliphatic carboxylic acids is 1. The van der Waals surface area contributed by atoms with Gasteiger partial charge in [-0.3, -0.25) is 19.2 Å². The lowest BCUT2D eigenvalue weighted by molar-refractivity contribution is -0.142. The van der Waals surface area contributed by atoms with Crippen molar-refractivity contribution in [1.82, 2.24) is 16.0 Å². The maximum atomic E-state index is 12.8. The third-order valence-corrected chi connectivity index (χ3v) is 5.10. The van der Waals surface area contributed by atoms with Crippen LogP contribution in [0.15, 0.2) is 24.3 Å². The van der Waals surface area contributed by atoms with E-state index in [2.05, 4.69) is 16.0 Å². The van der Waals surface area contributed by atoms with Crippen LogP contribution >= 0.6 is 0 Å². The van der Waals surface area contributed by atoms with Gasteiger partial charge >= 0.3 is 5.97 Å². The van der Waals surface area contributed by atoms with Crippen LogP contribution in [-0.4, -0.2) is 75.8 Å². The van der Waals surface area contributed by atoms with Crippen molar-refractivity contribution in [3.8, 4) is 5.75 Å². The summed E-state index contributed by atoms with van der Waals surface area (Å²) in [5.74, 6) is -3.40. The zero-order valence-corrected chi connectivity index (χ0v) is 19.4. The molecule has 0 fully saturated rings. The fraction of sp³-hybridized carbons (Fsp3) is 0.545. The molecule has 12 heteroatoms. The fourth-order valence-electron chi connectivity index (χ4n) is 3.04. The van der Waals surface area contributed by atoms with Crippen molar-refractivity contribution in [2.24, 2.45) is 11.5 Å². The Morgan fingerprint density at radius 1 is 0.941 bits per heavy atom. The van der Waals surface area contributed by atoms with Gasteiger partial charge in [0.25, 0.3) is 0 Å². The number of carbonyl (C=O) groups is 4. The minimum atomic E-state index is -1.40. The number of phenols is 1. The second-order valence-electron chi connectivity index (χ2n) is 8.12. The molecule has 34 heavy (non-hydrogen) atoms. The van der Waals surface area contributed by atoms with Crippen LogP contribution in [0.3, 0.4) is 0 Å². The Bertz CT molecular complexity index is 831. The van der Waals surface area contributed by atoms with Gasteiger partial charge in [0.05, 0.1) is 12.1 Å². The number of rotatable bonds is 14. The Hall–Kier alpha value is -3.22. The molecule has 0 aliphatic carbocycles. The summed E-state index contributed by atoms with van der Waals surface area (Å²) in [6, 6.07) is 1.39. The molecule has 190 valence electrons. The Labute approximate surface area is 198 Å². The van der Waals surface area contributed by atoms with E-state index in [1.807, 2.05) is 0 Å². The summed E-state index contributed by atoms with van der Waals surface area (Å²) in [5.41, 5.74) is 12.1. The van der Waals surface area contributed by atoms with Crippen LogP contribution in [0.25, 0.3) is 0 Å². The number of amides is 3. The summed E-state index contributed by atoms with van der Waals surface area (Å²) < 4.78 is 0. The smallest absolute Gasteiger partial charge is 0.325 e. The maximum Gasteiger partial charge on any atom is 0.325 e. The topological polar surface area (TPSA) is 217 Å². The first-order valence-corrected chi connectivity index (χ1v) is 11.0. The standard InChI is InChI=1S/C22H35N5O7/c1-12(22(33)34)25-20(31)17(5-3-4-10-23)26-21(32)18(13(2)28)27-19(30)16(24)11-14-6-8-15(29)9-7-14/h6-9,12-13,16-18,28-29H,3-5,10-11,23-24H2,1-2H3,(H,25,31)(H,26,32)(H,27,30)(H,33,34). The number of nitrogens with two attached hydrogens (primary N) is 2. The summed E-state index contributed by atoms with van der Waals surface area (Å²) in [4.78, 5) is 49.0. The summed E-state index contributed by atoms with van der Waals surface area (Å²) >= 11 is 0. The van der Waals surface area contributed by atoms with Gasteiger partial charge in [-0.2, -0.15) is 0 Å². The van der Waals surface area contributed by atoms with E-state index in [0.717, 1.165) is 0 Å². The number of aliphatic hydroxyl groups excluding tert-OH is 1. The van der Waals surface area contributed by atoms with Crippen LogP contribution in [0, 0.1) is 0 Å². The maximum absolute atomic E-state index is 12.8. The van der Waals surface area contributed by atoms with Gasteiger partial charge < -0.3 is 42.7 Å². The van der Waals surface area contributed by atoms with Crippen LogP contribution in [0.5, 0.6) is 5.75 Å². The minimum Gasteiger partial charge on any atom is -0.508 e. The number of carboxylic acid groups (broad SMARTS) is 1. The molecule has 0 radical (unpaired) electrons. The molecule has 1 rings (SSSR count). The lowest BCUT2D eigenvalue weighted by Crippen LogP contribution is -2.59. The number of hydrogen-bond acceptors (Lipinski definition) is 8. The van der Waals surface area contributed by atoms with Crippen molar-refractivity contribution in [1.29, 1.82) is 0 Å². The molecule has 10 N–H and O–H groups in total. The molecule has 0 bridgehead atoms. The molecule has 12 nitrogen and oxygen atoms in total. The van der Waals surface area contributed by atoms with Crippen molar-refractivity contribution in [2.75, 3.05) is 6.54 Å². The summed E-state index contributed by atoms with van der Waals surface area (Å²) in [5, 5.41) is 35.6. The zero-order chi connectivity index (χ0) is 25.8. The number of phenolic OH excluding ortho intramolecular Hbond substituents is 1. The second-order valence-corrected chi connectivity index (χ2v) is 8.12. The van der Waals surface area contributed by atoms with Gasteiger partial charge in [0.15, 0.2) is 0 Å². The molecule has 0 heterocycles. The SMILES string of the molecule is CC(NC(=O)C(CCCCN)NC(=O)C(NC(=O)C(N)Cc1ccc(O)cc1)C(C)O)C(=O)O. The molecule has 5 unspecified atom stereocenters. The van der Waals surface area contributed by atoms with E-state index in [-0.39, 0.29) is 18.6 Å². The average molecular weight is 482 g/mol. The molecule has 0 saturated carbocycles. The molecule has 3 amide bonds. The largest absolute Gasteiger partial charge is 0.508 e. The van der Waals surface area contributed by atoms with Crippen molar-refractivity contribution in [3.63, 3.8) is 0 Å². The minimum absolute atomic E-state index is 0.0652. The number of nitrogens with one attached hydrogen (secondary N) is 3. The first kappa shape index (κ1) is 28.8. The van der Waals surface area contributed by atoms with Crippen LogP contribution in [-0.2, 0) is 25.6 Å². The number of hydrogen-bond donors (Lipinski definition) is 8. The Morgan fingerprint density at radius 2 is 1.56 bits per heavy atom. The molecular formula is C22H35N5O7. The lowest BCUT2D eigenvalue weighted by Gasteiger charge is -2.26. The van der Waals surface area contributed by atoms with Crippen molar-refractivity contribution >= 4 is 23.7 Å². The molecule has 0 saturated heterocycles. The molecule has 0 aromatic heterocycles. The van der Waals surface area contributed by atoms with Gasteiger partial charge in [0.2, 0.25) is 17.7 Å². The van der Waals surface area contributed by atoms with E-state index >= 15 is 0 Å². The molecule has 0 aliphatic heterocycles. The Kier molecular flexibility index (Phi) is 12.0. The first-order chi connectivity index (χ1) is 16.0. The second kappa shape index (κ2) is 14.1. The summed E-state index contributed by atoms with van der Waals surface area (Å²) in [6.07, 6.45) is 0.0611. The normalized spacial score (nSPS) is 15.3. The quantitative estimate of drug-likeness (QED) is 0.142. The van der Waals surface area contributed by atoms with Gasteiger partial charge in [-0.05, 0) is 63.8 Å². The molecular weight excluding hydrogens is 446 g/mol. The van der Waals surface area contributed by atoms with E-state index in [0.29, 0.717) is 24.9 Å². The highest BCUT2D eigenvalue weighted by atomic mass is 16.4. The van der Waals surface area contributed by atoms with Crippen molar-refractivity contribution in [2.45, 2.75) is 69.8 Å². The number of unbranched alkanes of at least 4 members (excludes halogenated alkanes) is 1. The van der Waals surface area contributed by atoms with Crippen LogP contribution in [0.1, 0.15) is 38.7 Å². The molecule has 1 aromatic rings. The van der Waals surface area contributed by atoms with Gasteiger partial charge in [-0.15, -0.1) is 0 Å². The van der Waals surface area contributed by atoms with Crippen molar-refractivity contribution in [3.05, 3.63) is 29.8 Å². The lowest BCUT2D eigenvalue weighted by atomic mass is 10.0. The number of benzene rings is 1. The van der Waals surface area contributed by atoms with E-state index in [4.69, 9.17) is 16.6 Å². The third-order valence-electron chi connectivity index (χ3n) is 5.10.